The molecule has 1 atom stereocenters. The number of hydrogen-bond acceptors (Lipinski definition) is 10. The first-order chi connectivity index (χ1) is 21.6. The Morgan fingerprint density at radius 2 is 1.84 bits per heavy atom. The average Bonchev–Trinajstić information content (AvgIpc) is 3.67. The van der Waals surface area contributed by atoms with E-state index in [0.717, 1.165) is 9.80 Å². The number of rotatable bonds is 7. The summed E-state index contributed by atoms with van der Waals surface area (Å²) in [7, 11) is 1.64. The molecule has 1 saturated heterocycles. The van der Waals surface area contributed by atoms with Gasteiger partial charge in [0.2, 0.25) is 17.8 Å². The van der Waals surface area contributed by atoms with Gasteiger partial charge in [0.05, 0.1) is 30.8 Å². The molecule has 0 saturated carbocycles. The average molecular weight is 621 g/mol. The van der Waals surface area contributed by atoms with Crippen molar-refractivity contribution in [3.63, 3.8) is 0 Å². The van der Waals surface area contributed by atoms with Gasteiger partial charge >= 0.3 is 6.18 Å². The predicted octanol–water partition coefficient (Wildman–Crippen LogP) is 2.92. The number of imide groups is 1. The van der Waals surface area contributed by atoms with E-state index >= 15 is 0 Å². The third-order valence-electron chi connectivity index (χ3n) is 7.50. The van der Waals surface area contributed by atoms with E-state index in [4.69, 9.17) is 0 Å². The van der Waals surface area contributed by atoms with Gasteiger partial charge in [0, 0.05) is 37.7 Å². The molecule has 3 amide bonds. The Morgan fingerprint density at radius 1 is 1.04 bits per heavy atom. The number of alkyl halides is 3. The van der Waals surface area contributed by atoms with E-state index in [0.29, 0.717) is 23.4 Å². The Balaban J connectivity index is 1.16. The number of carbonyl (C=O) groups excluding carboxylic acids is 3. The van der Waals surface area contributed by atoms with Crippen molar-refractivity contribution in [2.75, 3.05) is 35.3 Å². The largest absolute Gasteiger partial charge is 0.408 e. The van der Waals surface area contributed by atoms with Crippen molar-refractivity contribution in [3.8, 4) is 11.3 Å². The van der Waals surface area contributed by atoms with Crippen LogP contribution in [0.2, 0.25) is 0 Å². The summed E-state index contributed by atoms with van der Waals surface area (Å²) in [6.45, 7) is -0.208. The normalized spacial score (nSPS) is 17.0. The molecular formula is C29H27F3N10O3. The molecule has 232 valence electrons. The first-order valence-electron chi connectivity index (χ1n) is 14.0. The Bertz CT molecular complexity index is 1730. The highest BCUT2D eigenvalue weighted by atomic mass is 19.4. The molecule has 13 nitrogen and oxygen atoms in total. The second kappa shape index (κ2) is 11.9. The van der Waals surface area contributed by atoms with Gasteiger partial charge in [-0.2, -0.15) is 13.2 Å². The van der Waals surface area contributed by atoms with Crippen LogP contribution in [0.3, 0.4) is 0 Å². The predicted molar refractivity (Wildman–Crippen MR) is 155 cm³/mol. The minimum Gasteiger partial charge on any atom is -0.348 e. The van der Waals surface area contributed by atoms with E-state index in [2.05, 4.69) is 30.2 Å². The van der Waals surface area contributed by atoms with Crippen molar-refractivity contribution >= 4 is 35.3 Å². The monoisotopic (exact) mass is 620 g/mol. The lowest BCUT2D eigenvalue weighted by atomic mass is 10.2. The maximum absolute atomic E-state index is 13.6. The van der Waals surface area contributed by atoms with Gasteiger partial charge in [-0.1, -0.05) is 12.1 Å². The standard InChI is InChI=1S/C29H27F3N10O3/c1-39-16-24(44)42(14-19-6-2-3-10-33-19)27(45)25-26(39)36-17-40(25)15-23(43)38-22-9-4-7-20(37-22)18-12-34-28(35-13-18)41-11-5-8-21(41)29(30,31)32/h2-4,6-7,9-10,12-13,17,21H,5,8,11,14-16H2,1H3,(H,37,38,43)/t21-/m0/s1. The van der Waals surface area contributed by atoms with E-state index in [1.54, 1.807) is 54.5 Å². The van der Waals surface area contributed by atoms with Crippen LogP contribution >= 0.6 is 0 Å². The number of imidazole rings is 1. The van der Waals surface area contributed by atoms with Crippen molar-refractivity contribution in [2.24, 2.45) is 0 Å². The van der Waals surface area contributed by atoms with Gasteiger partial charge in [0.25, 0.3) is 5.91 Å². The van der Waals surface area contributed by atoms with Crippen LogP contribution in [0.25, 0.3) is 11.3 Å². The summed E-state index contributed by atoms with van der Waals surface area (Å²) < 4.78 is 41.5. The van der Waals surface area contributed by atoms with Crippen molar-refractivity contribution in [1.82, 2.24) is 34.4 Å². The summed E-state index contributed by atoms with van der Waals surface area (Å²) in [5.74, 6) is -1.09. The number of anilines is 3. The molecule has 4 aromatic heterocycles. The Hall–Kier alpha value is -5.41. The molecule has 0 radical (unpaired) electrons. The molecule has 0 unspecified atom stereocenters. The van der Waals surface area contributed by atoms with E-state index in [1.807, 2.05) is 0 Å². The lowest BCUT2D eigenvalue weighted by molar-refractivity contribution is -0.146. The van der Waals surface area contributed by atoms with E-state index < -0.39 is 29.9 Å². The number of fused-ring (bicyclic) bond motifs is 1. The van der Waals surface area contributed by atoms with Crippen LogP contribution in [0, 0.1) is 0 Å². The summed E-state index contributed by atoms with van der Waals surface area (Å²) in [5.41, 5.74) is 1.45. The number of nitrogens with zero attached hydrogens (tertiary/aromatic N) is 9. The number of halogens is 3. The molecule has 1 N–H and O–H groups in total. The van der Waals surface area contributed by atoms with Gasteiger partial charge in [0.15, 0.2) is 11.5 Å². The van der Waals surface area contributed by atoms with Gasteiger partial charge in [-0.05, 0) is 37.1 Å². The molecule has 4 aromatic rings. The number of nitrogens with one attached hydrogen (secondary N) is 1. The molecule has 0 aromatic carbocycles. The highest BCUT2D eigenvalue weighted by Gasteiger charge is 2.47. The van der Waals surface area contributed by atoms with Gasteiger partial charge in [0.1, 0.15) is 18.4 Å². The lowest BCUT2D eigenvalue weighted by Gasteiger charge is -2.26. The molecule has 16 heteroatoms. The number of pyridine rings is 2. The molecule has 6 heterocycles. The molecule has 0 bridgehead atoms. The van der Waals surface area contributed by atoms with Crippen LogP contribution in [0.5, 0.6) is 0 Å². The quantitative estimate of drug-likeness (QED) is 0.307. The number of hydrogen-bond donors (Lipinski definition) is 1. The van der Waals surface area contributed by atoms with E-state index in [1.165, 1.54) is 23.3 Å². The SMILES string of the molecule is CN1CC(=O)N(Cc2ccccn2)C(=O)c2c1ncn2CC(=O)Nc1cccc(-c2cnc(N3CCC[C@H]3C(F)(F)F)nc2)n1. The van der Waals surface area contributed by atoms with Crippen LogP contribution in [0.1, 0.15) is 29.0 Å². The summed E-state index contributed by atoms with van der Waals surface area (Å²) in [4.78, 5) is 64.6. The number of carbonyl (C=O) groups is 3. The first kappa shape index (κ1) is 29.7. The van der Waals surface area contributed by atoms with Crippen LogP contribution in [-0.2, 0) is 22.7 Å². The summed E-state index contributed by atoms with van der Waals surface area (Å²) in [6, 6.07) is 8.44. The van der Waals surface area contributed by atoms with Crippen molar-refractivity contribution in [3.05, 3.63) is 72.7 Å². The molecule has 0 aliphatic carbocycles. The summed E-state index contributed by atoms with van der Waals surface area (Å²) in [6.07, 6.45) is 1.73. The molecule has 0 spiro atoms. The Kier molecular flexibility index (Phi) is 7.87. The highest BCUT2D eigenvalue weighted by molar-refractivity contribution is 6.09. The zero-order valence-corrected chi connectivity index (χ0v) is 24.0. The maximum atomic E-state index is 13.6. The van der Waals surface area contributed by atoms with Crippen LogP contribution < -0.4 is 15.1 Å². The first-order valence-corrected chi connectivity index (χ1v) is 14.0. The van der Waals surface area contributed by atoms with Gasteiger partial charge in [-0.15, -0.1) is 0 Å². The summed E-state index contributed by atoms with van der Waals surface area (Å²) >= 11 is 0. The maximum Gasteiger partial charge on any atom is 0.408 e. The molecule has 2 aliphatic rings. The third kappa shape index (κ3) is 6.16. The van der Waals surface area contributed by atoms with Crippen LogP contribution in [-0.4, -0.2) is 84.5 Å². The van der Waals surface area contributed by atoms with Gasteiger partial charge < -0.3 is 19.7 Å². The zero-order valence-electron chi connectivity index (χ0n) is 24.0. The van der Waals surface area contributed by atoms with Gasteiger partial charge in [-0.3, -0.25) is 24.3 Å². The van der Waals surface area contributed by atoms with Crippen molar-refractivity contribution < 1.29 is 27.6 Å². The molecule has 1 fully saturated rings. The lowest BCUT2D eigenvalue weighted by Crippen LogP contribution is -2.42. The zero-order chi connectivity index (χ0) is 31.7. The smallest absolute Gasteiger partial charge is 0.348 e. The van der Waals surface area contributed by atoms with E-state index in [-0.39, 0.29) is 55.9 Å². The highest BCUT2D eigenvalue weighted by Crippen LogP contribution is 2.34. The van der Waals surface area contributed by atoms with Crippen LogP contribution in [0.15, 0.2) is 61.3 Å². The third-order valence-corrected chi connectivity index (χ3v) is 7.50. The second-order valence-corrected chi connectivity index (χ2v) is 10.6. The minimum atomic E-state index is -4.37. The number of aromatic nitrogens is 6. The van der Waals surface area contributed by atoms with Crippen molar-refractivity contribution in [2.45, 2.75) is 38.1 Å². The molecule has 6 rings (SSSR count). The Labute approximate surface area is 254 Å². The van der Waals surface area contributed by atoms with E-state index in [9.17, 15) is 27.6 Å². The molecule has 2 aliphatic heterocycles. The Morgan fingerprint density at radius 3 is 2.58 bits per heavy atom. The van der Waals surface area contributed by atoms with Crippen molar-refractivity contribution in [1.29, 1.82) is 0 Å². The summed E-state index contributed by atoms with van der Waals surface area (Å²) in [5, 5.41) is 2.69. The molecular weight excluding hydrogens is 593 g/mol. The minimum absolute atomic E-state index is 0.00774. The second-order valence-electron chi connectivity index (χ2n) is 10.6. The van der Waals surface area contributed by atoms with Crippen LogP contribution in [0.4, 0.5) is 30.8 Å². The fourth-order valence-corrected chi connectivity index (χ4v) is 5.36. The topological polar surface area (TPSA) is 142 Å². The fraction of sp³-hybridized carbons (Fsp3) is 0.310. The number of likely N-dealkylation sites (N-methyl/N-ethyl adjacent to an activating group) is 1. The molecule has 45 heavy (non-hydrogen) atoms. The number of amides is 3. The van der Waals surface area contributed by atoms with Gasteiger partial charge in [-0.25, -0.2) is 19.9 Å². The fourth-order valence-electron chi connectivity index (χ4n) is 5.36.